The van der Waals surface area contributed by atoms with E-state index < -0.39 is 0 Å². The predicted octanol–water partition coefficient (Wildman–Crippen LogP) is 8.67. The summed E-state index contributed by atoms with van der Waals surface area (Å²) in [6.45, 7) is 5.51. The molecule has 6 rings (SSSR count). The fraction of sp³-hybridized carbons (Fsp3) is 0.262. The smallest absolute Gasteiger partial charge is 0.319 e. The van der Waals surface area contributed by atoms with E-state index in [-0.39, 0.29) is 24.1 Å². The Morgan fingerprint density at radius 3 is 1.49 bits per heavy atom. The van der Waals surface area contributed by atoms with Gasteiger partial charge in [-0.25, -0.2) is 4.79 Å². The van der Waals surface area contributed by atoms with Gasteiger partial charge in [0.1, 0.15) is 23.0 Å². The Bertz CT molecular complexity index is 1820. The number of rotatable bonds is 9. The summed E-state index contributed by atoms with van der Waals surface area (Å²) in [6.07, 6.45) is 3.50. The summed E-state index contributed by atoms with van der Waals surface area (Å²) in [6, 6.07) is 31.0. The van der Waals surface area contributed by atoms with Gasteiger partial charge in [-0.1, -0.05) is 86.6 Å². The van der Waals surface area contributed by atoms with Crippen molar-refractivity contribution in [3.05, 3.63) is 147 Å². The Hall–Kier alpha value is -5.43. The SMILES string of the molecule is CCCOc1c2cccc1Cc1cc(CNC(=O)Nc3ccccc3)cc(c1O)Cc1cccc(c1OCCC)Cc1cccc(c1O)C2. The van der Waals surface area contributed by atoms with Crippen LogP contribution in [0, 0.1) is 0 Å². The first-order chi connectivity index (χ1) is 23.9. The zero-order chi connectivity index (χ0) is 34.2. The standard InChI is InChI=1S/C42H44N2O5/c1-3-19-48-40-31-13-9-15-33(40)25-35-21-28(27-43-42(47)44-37-17-6-5-7-18-37)22-36(39(35)46)26-34-16-10-14-32(41(34)49-20-4-2)24-30-12-8-11-29(23-31)38(30)45/h5-18,21-22,45-46H,3-4,19-20,23-27H2,1-2H3,(H2,43,44,47). The van der Waals surface area contributed by atoms with E-state index in [1.807, 2.05) is 97.1 Å². The van der Waals surface area contributed by atoms with E-state index in [0.29, 0.717) is 44.6 Å². The van der Waals surface area contributed by atoms with Gasteiger partial charge in [0.05, 0.1) is 13.2 Å². The molecule has 0 saturated heterocycles. The maximum absolute atomic E-state index is 12.8. The summed E-state index contributed by atoms with van der Waals surface area (Å²) < 4.78 is 12.8. The fourth-order valence-electron chi connectivity index (χ4n) is 6.45. The molecule has 0 spiro atoms. The molecule has 5 aromatic carbocycles. The van der Waals surface area contributed by atoms with Crippen LogP contribution in [0.2, 0.25) is 0 Å². The van der Waals surface area contributed by atoms with Crippen LogP contribution in [0.3, 0.4) is 0 Å². The van der Waals surface area contributed by atoms with Crippen LogP contribution >= 0.6 is 0 Å². The van der Waals surface area contributed by atoms with Gasteiger partial charge in [-0.05, 0) is 87.2 Å². The molecule has 0 atom stereocenters. The summed E-state index contributed by atoms with van der Waals surface area (Å²) >= 11 is 0. The van der Waals surface area contributed by atoms with E-state index in [2.05, 4.69) is 24.5 Å². The van der Waals surface area contributed by atoms with Crippen molar-refractivity contribution in [3.8, 4) is 23.0 Å². The molecule has 0 fully saturated rings. The molecule has 49 heavy (non-hydrogen) atoms. The number of benzene rings is 5. The maximum atomic E-state index is 12.8. The second-order valence-corrected chi connectivity index (χ2v) is 12.6. The topological polar surface area (TPSA) is 100 Å². The Labute approximate surface area is 288 Å². The van der Waals surface area contributed by atoms with Crippen molar-refractivity contribution in [3.63, 3.8) is 0 Å². The van der Waals surface area contributed by atoms with Crippen molar-refractivity contribution >= 4 is 11.7 Å². The number of hydrogen-bond acceptors (Lipinski definition) is 5. The third-order valence-electron chi connectivity index (χ3n) is 8.80. The number of amides is 2. The number of hydrogen-bond donors (Lipinski definition) is 4. The minimum atomic E-state index is -0.311. The number of aromatic hydroxyl groups is 2. The third kappa shape index (κ3) is 8.00. The number of carbonyl (C=O) groups excluding carboxylic acids is 1. The maximum Gasteiger partial charge on any atom is 0.319 e. The van der Waals surface area contributed by atoms with E-state index >= 15 is 0 Å². The Morgan fingerprint density at radius 2 is 1.02 bits per heavy atom. The van der Waals surface area contributed by atoms with Crippen LogP contribution in [0.4, 0.5) is 10.5 Å². The summed E-state index contributed by atoms with van der Waals surface area (Å²) in [4.78, 5) is 12.8. The van der Waals surface area contributed by atoms with E-state index in [0.717, 1.165) is 74.4 Å². The average Bonchev–Trinajstić information content (AvgIpc) is 3.10. The molecule has 252 valence electrons. The second kappa shape index (κ2) is 15.6. The molecule has 1 aliphatic rings. The van der Waals surface area contributed by atoms with Crippen LogP contribution in [0.25, 0.3) is 0 Å². The second-order valence-electron chi connectivity index (χ2n) is 12.6. The molecule has 0 aromatic heterocycles. The number of carbonyl (C=O) groups is 1. The van der Waals surface area contributed by atoms with Gasteiger partial charge in [-0.3, -0.25) is 0 Å². The number of phenols is 2. The van der Waals surface area contributed by atoms with Crippen LogP contribution in [-0.2, 0) is 32.2 Å². The van der Waals surface area contributed by atoms with Gasteiger partial charge < -0.3 is 30.3 Å². The lowest BCUT2D eigenvalue weighted by atomic mass is 9.90. The predicted molar refractivity (Wildman–Crippen MR) is 194 cm³/mol. The molecular weight excluding hydrogens is 612 g/mol. The Kier molecular flexibility index (Phi) is 10.7. The number of phenolic OH excluding ortho intramolecular Hbond substituents is 2. The van der Waals surface area contributed by atoms with E-state index in [9.17, 15) is 15.0 Å². The number of nitrogens with one attached hydrogen (secondary N) is 2. The van der Waals surface area contributed by atoms with Crippen LogP contribution < -0.4 is 20.1 Å². The van der Waals surface area contributed by atoms with Gasteiger partial charge in [0, 0.05) is 37.9 Å². The van der Waals surface area contributed by atoms with Gasteiger partial charge in [-0.15, -0.1) is 0 Å². The normalized spacial score (nSPS) is 12.2. The molecule has 0 heterocycles. The highest BCUT2D eigenvalue weighted by molar-refractivity contribution is 5.89. The van der Waals surface area contributed by atoms with Gasteiger partial charge in [0.25, 0.3) is 0 Å². The summed E-state index contributed by atoms with van der Waals surface area (Å²) in [7, 11) is 0. The van der Waals surface area contributed by atoms with E-state index in [1.165, 1.54) is 0 Å². The van der Waals surface area contributed by atoms with Crippen LogP contribution in [0.15, 0.2) is 97.1 Å². The molecule has 2 amide bonds. The molecule has 0 unspecified atom stereocenters. The van der Waals surface area contributed by atoms with Crippen molar-refractivity contribution in [1.29, 1.82) is 0 Å². The largest absolute Gasteiger partial charge is 0.507 e. The van der Waals surface area contributed by atoms with Gasteiger partial charge in [-0.2, -0.15) is 0 Å². The van der Waals surface area contributed by atoms with Gasteiger partial charge in [0.2, 0.25) is 0 Å². The van der Waals surface area contributed by atoms with Crippen molar-refractivity contribution in [2.24, 2.45) is 0 Å². The van der Waals surface area contributed by atoms with Crippen LogP contribution in [0.1, 0.15) is 76.8 Å². The summed E-state index contributed by atoms with van der Waals surface area (Å²) in [5.41, 5.74) is 8.51. The monoisotopic (exact) mass is 656 g/mol. The molecule has 8 bridgehead atoms. The highest BCUT2D eigenvalue weighted by atomic mass is 16.5. The summed E-state index contributed by atoms with van der Waals surface area (Å²) in [5.74, 6) is 2.04. The minimum Gasteiger partial charge on any atom is -0.507 e. The minimum absolute atomic E-state index is 0.214. The van der Waals surface area contributed by atoms with Crippen molar-refractivity contribution in [2.45, 2.75) is 58.9 Å². The highest BCUT2D eigenvalue weighted by Crippen LogP contribution is 2.38. The van der Waals surface area contributed by atoms with Gasteiger partial charge in [0.15, 0.2) is 0 Å². The van der Waals surface area contributed by atoms with Crippen molar-refractivity contribution < 1.29 is 24.5 Å². The molecule has 0 saturated carbocycles. The molecule has 7 heteroatoms. The first-order valence-electron chi connectivity index (χ1n) is 17.1. The number of fused-ring (bicyclic) bond motifs is 8. The average molecular weight is 657 g/mol. The van der Waals surface area contributed by atoms with Crippen molar-refractivity contribution in [1.82, 2.24) is 5.32 Å². The lowest BCUT2D eigenvalue weighted by molar-refractivity contribution is 0.251. The number of ether oxygens (including phenoxy) is 2. The highest BCUT2D eigenvalue weighted by Gasteiger charge is 2.21. The molecule has 7 nitrogen and oxygen atoms in total. The quantitative estimate of drug-likeness (QED) is 0.125. The van der Waals surface area contributed by atoms with Gasteiger partial charge >= 0.3 is 6.03 Å². The molecule has 0 aliphatic heterocycles. The van der Waals surface area contributed by atoms with E-state index in [4.69, 9.17) is 9.47 Å². The Balaban J connectivity index is 1.46. The number of urea groups is 1. The Morgan fingerprint density at radius 1 is 0.592 bits per heavy atom. The number of para-hydroxylation sites is 4. The lowest BCUT2D eigenvalue weighted by Gasteiger charge is -2.21. The molecule has 0 radical (unpaired) electrons. The molecule has 1 aliphatic carbocycles. The number of anilines is 1. The first-order valence-corrected chi connectivity index (χ1v) is 17.1. The zero-order valence-electron chi connectivity index (χ0n) is 28.2. The molecule has 4 N–H and O–H groups in total. The first kappa shape index (κ1) is 33.5. The van der Waals surface area contributed by atoms with Crippen molar-refractivity contribution in [2.75, 3.05) is 18.5 Å². The van der Waals surface area contributed by atoms with E-state index in [1.54, 1.807) is 0 Å². The summed E-state index contributed by atoms with van der Waals surface area (Å²) in [5, 5.41) is 29.3. The molecular formula is C42H44N2O5. The zero-order valence-corrected chi connectivity index (χ0v) is 28.2. The lowest BCUT2D eigenvalue weighted by Crippen LogP contribution is -2.28. The third-order valence-corrected chi connectivity index (χ3v) is 8.80. The fourth-order valence-corrected chi connectivity index (χ4v) is 6.45. The van der Waals surface area contributed by atoms with Crippen LogP contribution in [0.5, 0.6) is 23.0 Å². The van der Waals surface area contributed by atoms with Crippen LogP contribution in [-0.4, -0.2) is 29.5 Å². The molecule has 5 aromatic rings.